The van der Waals surface area contributed by atoms with E-state index in [0.717, 1.165) is 10.6 Å². The molecule has 2 aromatic heterocycles. The molecule has 1 N–H and O–H groups in total. The zero-order valence-electron chi connectivity index (χ0n) is 7.36. The van der Waals surface area contributed by atoms with Gasteiger partial charge in [0.15, 0.2) is 11.3 Å². The van der Waals surface area contributed by atoms with Gasteiger partial charge in [0.25, 0.3) is 0 Å². The average molecular weight is 217 g/mol. The van der Waals surface area contributed by atoms with Crippen LogP contribution in [0.3, 0.4) is 0 Å². The minimum atomic E-state index is -4.48. The molecule has 0 aromatic carbocycles. The molecular weight excluding hydrogens is 211 g/mol. The Balaban J connectivity index is 2.56. The van der Waals surface area contributed by atoms with Crippen molar-refractivity contribution in [1.82, 2.24) is 14.6 Å². The molecule has 80 valence electrons. The molecular formula is C8H6F3N3O. The standard InChI is InChI=1S/C8H6F3N3O/c9-8(10,11)6-1-7-12-2-5(4-15)3-14(7)13-6/h1-3,15H,4H2. The number of aromatic nitrogens is 3. The first-order chi connectivity index (χ1) is 7.00. The van der Waals surface area contributed by atoms with E-state index < -0.39 is 11.9 Å². The molecule has 0 atom stereocenters. The Morgan fingerprint density at radius 2 is 2.13 bits per heavy atom. The SMILES string of the molecule is OCc1cnc2cc(C(F)(F)F)nn2c1. The van der Waals surface area contributed by atoms with Crippen molar-refractivity contribution in [2.24, 2.45) is 0 Å². The molecule has 0 saturated carbocycles. The predicted octanol–water partition coefficient (Wildman–Crippen LogP) is 1.24. The number of aliphatic hydroxyl groups is 1. The van der Waals surface area contributed by atoms with E-state index in [1.807, 2.05) is 0 Å². The van der Waals surface area contributed by atoms with Crippen LogP contribution in [0.4, 0.5) is 13.2 Å². The average Bonchev–Trinajstić information content (AvgIpc) is 2.59. The molecule has 0 spiro atoms. The molecule has 2 heterocycles. The van der Waals surface area contributed by atoms with E-state index in [2.05, 4.69) is 10.1 Å². The normalized spacial score (nSPS) is 12.3. The van der Waals surface area contributed by atoms with Gasteiger partial charge in [-0.15, -0.1) is 0 Å². The summed E-state index contributed by atoms with van der Waals surface area (Å²) in [6.45, 7) is -0.288. The Hall–Kier alpha value is -1.63. The van der Waals surface area contributed by atoms with Crippen LogP contribution in [0.1, 0.15) is 11.3 Å². The largest absolute Gasteiger partial charge is 0.435 e. The number of fused-ring (bicyclic) bond motifs is 1. The molecule has 0 aliphatic rings. The van der Waals surface area contributed by atoms with Crippen LogP contribution in [-0.4, -0.2) is 19.7 Å². The third-order valence-corrected chi connectivity index (χ3v) is 1.84. The Morgan fingerprint density at radius 3 is 2.73 bits per heavy atom. The van der Waals surface area contributed by atoms with Crippen molar-refractivity contribution < 1.29 is 18.3 Å². The summed E-state index contributed by atoms with van der Waals surface area (Å²) < 4.78 is 37.8. The van der Waals surface area contributed by atoms with E-state index in [1.54, 1.807) is 0 Å². The highest BCUT2D eigenvalue weighted by Crippen LogP contribution is 2.28. The van der Waals surface area contributed by atoms with Gasteiger partial charge in [0, 0.05) is 24.0 Å². The van der Waals surface area contributed by atoms with Gasteiger partial charge in [0.1, 0.15) is 0 Å². The Kier molecular flexibility index (Phi) is 2.11. The van der Waals surface area contributed by atoms with Gasteiger partial charge in [-0.25, -0.2) is 9.50 Å². The summed E-state index contributed by atoms with van der Waals surface area (Å²) in [6.07, 6.45) is -1.87. The van der Waals surface area contributed by atoms with Gasteiger partial charge < -0.3 is 5.11 Å². The van der Waals surface area contributed by atoms with Crippen molar-refractivity contribution in [2.75, 3.05) is 0 Å². The number of nitrogens with zero attached hydrogens (tertiary/aromatic N) is 3. The number of aliphatic hydroxyl groups excluding tert-OH is 1. The van der Waals surface area contributed by atoms with Gasteiger partial charge in [-0.3, -0.25) is 0 Å². The first-order valence-corrected chi connectivity index (χ1v) is 4.03. The maximum atomic E-state index is 12.3. The van der Waals surface area contributed by atoms with Crippen LogP contribution in [0.25, 0.3) is 5.65 Å². The van der Waals surface area contributed by atoms with Gasteiger partial charge in [0.2, 0.25) is 0 Å². The van der Waals surface area contributed by atoms with Crippen LogP contribution < -0.4 is 0 Å². The van der Waals surface area contributed by atoms with Crippen LogP contribution in [0.5, 0.6) is 0 Å². The summed E-state index contributed by atoms with van der Waals surface area (Å²) in [7, 11) is 0. The Bertz CT molecular complexity index is 491. The van der Waals surface area contributed by atoms with E-state index in [4.69, 9.17) is 5.11 Å². The lowest BCUT2D eigenvalue weighted by atomic mass is 10.4. The molecule has 0 radical (unpaired) electrons. The Morgan fingerprint density at radius 1 is 1.40 bits per heavy atom. The third kappa shape index (κ3) is 1.78. The van der Waals surface area contributed by atoms with Crippen LogP contribution in [-0.2, 0) is 12.8 Å². The van der Waals surface area contributed by atoms with E-state index >= 15 is 0 Å². The fourth-order valence-electron chi connectivity index (χ4n) is 1.14. The molecule has 0 aliphatic heterocycles. The number of rotatable bonds is 1. The minimum Gasteiger partial charge on any atom is -0.392 e. The molecule has 15 heavy (non-hydrogen) atoms. The highest BCUT2D eigenvalue weighted by Gasteiger charge is 2.34. The Labute approximate surface area is 82.0 Å². The second-order valence-electron chi connectivity index (χ2n) is 2.95. The highest BCUT2D eigenvalue weighted by atomic mass is 19.4. The van der Waals surface area contributed by atoms with Crippen LogP contribution >= 0.6 is 0 Å². The molecule has 0 aliphatic carbocycles. The molecule has 0 fully saturated rings. The maximum absolute atomic E-state index is 12.3. The molecule has 0 amide bonds. The third-order valence-electron chi connectivity index (χ3n) is 1.84. The zero-order chi connectivity index (χ0) is 11.1. The number of halogens is 3. The number of alkyl halides is 3. The number of hydrogen-bond donors (Lipinski definition) is 1. The second kappa shape index (κ2) is 3.20. The van der Waals surface area contributed by atoms with E-state index in [1.165, 1.54) is 12.4 Å². The van der Waals surface area contributed by atoms with Gasteiger partial charge in [-0.05, 0) is 0 Å². The lowest BCUT2D eigenvalue weighted by Gasteiger charge is -1.98. The molecule has 0 saturated heterocycles. The smallest absolute Gasteiger partial charge is 0.392 e. The van der Waals surface area contributed by atoms with Gasteiger partial charge in [-0.1, -0.05) is 0 Å². The van der Waals surface area contributed by atoms with Crippen molar-refractivity contribution >= 4 is 5.65 Å². The summed E-state index contributed by atoms with van der Waals surface area (Å²) >= 11 is 0. The summed E-state index contributed by atoms with van der Waals surface area (Å²) in [5.41, 5.74) is -0.496. The van der Waals surface area contributed by atoms with Gasteiger partial charge >= 0.3 is 6.18 Å². The summed E-state index contributed by atoms with van der Waals surface area (Å²) in [4.78, 5) is 3.73. The highest BCUT2D eigenvalue weighted by molar-refractivity contribution is 5.40. The van der Waals surface area contributed by atoms with Crippen molar-refractivity contribution in [3.8, 4) is 0 Å². The van der Waals surface area contributed by atoms with Gasteiger partial charge in [-0.2, -0.15) is 18.3 Å². The topological polar surface area (TPSA) is 50.4 Å². The van der Waals surface area contributed by atoms with Crippen LogP contribution in [0.2, 0.25) is 0 Å². The van der Waals surface area contributed by atoms with E-state index in [-0.39, 0.29) is 12.3 Å². The van der Waals surface area contributed by atoms with E-state index in [9.17, 15) is 13.2 Å². The molecule has 4 nitrogen and oxygen atoms in total. The molecule has 2 rings (SSSR count). The lowest BCUT2D eigenvalue weighted by Crippen LogP contribution is -2.05. The first kappa shape index (κ1) is 9.91. The quantitative estimate of drug-likeness (QED) is 0.781. The summed E-state index contributed by atoms with van der Waals surface area (Å²) in [6, 6.07) is 0.848. The fraction of sp³-hybridized carbons (Fsp3) is 0.250. The van der Waals surface area contributed by atoms with Crippen molar-refractivity contribution in [3.63, 3.8) is 0 Å². The van der Waals surface area contributed by atoms with Crippen LogP contribution in [0.15, 0.2) is 18.5 Å². The summed E-state index contributed by atoms with van der Waals surface area (Å²) in [5.74, 6) is 0. The first-order valence-electron chi connectivity index (χ1n) is 4.03. The predicted molar refractivity (Wildman–Crippen MR) is 43.9 cm³/mol. The minimum absolute atomic E-state index is 0.0968. The fourth-order valence-corrected chi connectivity index (χ4v) is 1.14. The van der Waals surface area contributed by atoms with Gasteiger partial charge in [0.05, 0.1) is 6.61 Å². The summed E-state index contributed by atoms with van der Waals surface area (Å²) in [5, 5.41) is 12.1. The van der Waals surface area contributed by atoms with E-state index in [0.29, 0.717) is 5.56 Å². The molecule has 2 aromatic rings. The molecule has 7 heteroatoms. The van der Waals surface area contributed by atoms with Crippen molar-refractivity contribution in [2.45, 2.75) is 12.8 Å². The lowest BCUT2D eigenvalue weighted by molar-refractivity contribution is -0.141. The maximum Gasteiger partial charge on any atom is 0.435 e. The molecule has 0 bridgehead atoms. The molecule has 0 unspecified atom stereocenters. The monoisotopic (exact) mass is 217 g/mol. The zero-order valence-corrected chi connectivity index (χ0v) is 7.36. The second-order valence-corrected chi connectivity index (χ2v) is 2.95. The van der Waals surface area contributed by atoms with Crippen LogP contribution in [0, 0.1) is 0 Å². The number of hydrogen-bond acceptors (Lipinski definition) is 3. The van der Waals surface area contributed by atoms with Crippen molar-refractivity contribution in [3.05, 3.63) is 29.7 Å². The van der Waals surface area contributed by atoms with Crippen molar-refractivity contribution in [1.29, 1.82) is 0 Å².